The largest absolute Gasteiger partial charge is 0.375 e. The average molecular weight is 259 g/mol. The van der Waals surface area contributed by atoms with Gasteiger partial charge < -0.3 is 4.74 Å². The smallest absolute Gasteiger partial charge is 0.0582 e. The van der Waals surface area contributed by atoms with Gasteiger partial charge in [-0.05, 0) is 63.2 Å². The molecule has 2 heteroatoms. The fraction of sp³-hybridized carbons (Fsp3) is 1.00. The van der Waals surface area contributed by atoms with Crippen molar-refractivity contribution in [2.75, 3.05) is 0 Å². The third-order valence-electron chi connectivity index (χ3n) is 4.76. The zero-order chi connectivity index (χ0) is 12.4. The normalized spacial score (nSPS) is 43.2. The van der Waals surface area contributed by atoms with Crippen LogP contribution in [0.3, 0.4) is 0 Å². The summed E-state index contributed by atoms with van der Waals surface area (Å²) < 4.78 is 5.95. The van der Waals surface area contributed by atoms with E-state index in [0.29, 0.717) is 23.5 Å². The van der Waals surface area contributed by atoms with E-state index in [-0.39, 0.29) is 0 Å². The molecule has 0 aromatic heterocycles. The lowest BCUT2D eigenvalue weighted by Crippen LogP contribution is -2.30. The number of ether oxygens (including phenoxy) is 1. The van der Waals surface area contributed by atoms with Gasteiger partial charge >= 0.3 is 0 Å². The van der Waals surface area contributed by atoms with Gasteiger partial charge in [-0.2, -0.15) is 0 Å². The van der Waals surface area contributed by atoms with Crippen LogP contribution in [0, 0.1) is 17.8 Å². The van der Waals surface area contributed by atoms with Gasteiger partial charge in [0.15, 0.2) is 0 Å². The molecule has 100 valence electrons. The average Bonchev–Trinajstić information content (AvgIpc) is 2.67. The van der Waals surface area contributed by atoms with Crippen LogP contribution in [0.4, 0.5) is 0 Å². The predicted molar refractivity (Wildman–Crippen MR) is 73.5 cm³/mol. The maximum Gasteiger partial charge on any atom is 0.0582 e. The van der Waals surface area contributed by atoms with Gasteiger partial charge in [0.1, 0.15) is 0 Å². The van der Waals surface area contributed by atoms with Gasteiger partial charge in [-0.3, -0.25) is 0 Å². The molecule has 1 nitrogen and oxygen atoms in total. The summed E-state index contributed by atoms with van der Waals surface area (Å²) in [6.45, 7) is 6.89. The number of rotatable bonds is 3. The van der Waals surface area contributed by atoms with E-state index in [9.17, 15) is 0 Å². The molecular weight excluding hydrogens is 232 g/mol. The molecule has 0 amide bonds. The molecule has 5 atom stereocenters. The van der Waals surface area contributed by atoms with E-state index in [0.717, 1.165) is 11.8 Å². The molecule has 1 saturated carbocycles. The Morgan fingerprint density at radius 2 is 1.94 bits per heavy atom. The van der Waals surface area contributed by atoms with Crippen molar-refractivity contribution >= 4 is 11.6 Å². The summed E-state index contributed by atoms with van der Waals surface area (Å²) in [5.41, 5.74) is 0. The Morgan fingerprint density at radius 1 is 1.18 bits per heavy atom. The summed E-state index contributed by atoms with van der Waals surface area (Å²) in [5, 5.41) is 0.393. The van der Waals surface area contributed by atoms with E-state index >= 15 is 0 Å². The minimum Gasteiger partial charge on any atom is -0.375 e. The van der Waals surface area contributed by atoms with Gasteiger partial charge in [-0.25, -0.2) is 0 Å². The van der Waals surface area contributed by atoms with Crippen LogP contribution in [-0.4, -0.2) is 17.6 Å². The van der Waals surface area contributed by atoms with Gasteiger partial charge in [-0.1, -0.05) is 13.8 Å². The van der Waals surface area contributed by atoms with Crippen molar-refractivity contribution in [3.8, 4) is 0 Å². The van der Waals surface area contributed by atoms with Crippen molar-refractivity contribution in [1.29, 1.82) is 0 Å². The Bertz CT molecular complexity index is 241. The van der Waals surface area contributed by atoms with Crippen molar-refractivity contribution in [2.24, 2.45) is 17.8 Å². The van der Waals surface area contributed by atoms with E-state index in [2.05, 4.69) is 20.8 Å². The highest BCUT2D eigenvalue weighted by molar-refractivity contribution is 6.20. The number of alkyl halides is 1. The Morgan fingerprint density at radius 3 is 2.53 bits per heavy atom. The molecule has 0 radical (unpaired) electrons. The molecule has 0 bridgehead atoms. The summed E-state index contributed by atoms with van der Waals surface area (Å²) in [5.74, 6) is 2.38. The van der Waals surface area contributed by atoms with Crippen molar-refractivity contribution in [3.05, 3.63) is 0 Å². The molecular formula is C15H27ClO. The minimum absolute atomic E-state index is 0.393. The SMILES string of the molecule is CC1CCC(CC2CC(C(C)C)CCC2Cl)O1. The highest BCUT2D eigenvalue weighted by Crippen LogP contribution is 2.40. The van der Waals surface area contributed by atoms with E-state index in [1.54, 1.807) is 0 Å². The minimum atomic E-state index is 0.393. The molecule has 17 heavy (non-hydrogen) atoms. The quantitative estimate of drug-likeness (QED) is 0.671. The topological polar surface area (TPSA) is 9.23 Å². The Hall–Kier alpha value is 0.250. The van der Waals surface area contributed by atoms with Crippen LogP contribution >= 0.6 is 11.6 Å². The molecule has 0 aromatic rings. The van der Waals surface area contributed by atoms with Gasteiger partial charge in [0.05, 0.1) is 12.2 Å². The molecule has 0 N–H and O–H groups in total. The summed E-state index contributed by atoms with van der Waals surface area (Å²) >= 11 is 6.51. The van der Waals surface area contributed by atoms with Gasteiger partial charge in [0, 0.05) is 5.38 Å². The highest BCUT2D eigenvalue weighted by atomic mass is 35.5. The Balaban J connectivity index is 1.85. The molecule has 1 heterocycles. The molecule has 5 unspecified atom stereocenters. The van der Waals surface area contributed by atoms with E-state index in [1.807, 2.05) is 0 Å². The second kappa shape index (κ2) is 5.93. The van der Waals surface area contributed by atoms with E-state index in [4.69, 9.17) is 16.3 Å². The van der Waals surface area contributed by atoms with E-state index in [1.165, 1.54) is 38.5 Å². The molecule has 2 rings (SSSR count). The van der Waals surface area contributed by atoms with Crippen LogP contribution in [0.15, 0.2) is 0 Å². The maximum absolute atomic E-state index is 6.51. The predicted octanol–water partition coefficient (Wildman–Crippen LogP) is 4.62. The fourth-order valence-corrected chi connectivity index (χ4v) is 3.84. The molecule has 0 spiro atoms. The standard InChI is InChI=1S/C15H27ClO/c1-10(2)12-5-7-15(16)13(8-12)9-14-6-4-11(3)17-14/h10-15H,4-9H2,1-3H3. The van der Waals surface area contributed by atoms with Crippen LogP contribution < -0.4 is 0 Å². The summed E-state index contributed by atoms with van der Waals surface area (Å²) in [6, 6.07) is 0. The van der Waals surface area contributed by atoms with Gasteiger partial charge in [-0.15, -0.1) is 11.6 Å². The van der Waals surface area contributed by atoms with Crippen molar-refractivity contribution in [3.63, 3.8) is 0 Å². The second-order valence-corrected chi connectivity index (χ2v) is 7.04. The highest BCUT2D eigenvalue weighted by Gasteiger charge is 2.34. The zero-order valence-electron chi connectivity index (χ0n) is 11.5. The van der Waals surface area contributed by atoms with Crippen LogP contribution in [0.1, 0.15) is 59.3 Å². The van der Waals surface area contributed by atoms with Crippen molar-refractivity contribution < 1.29 is 4.74 Å². The lowest BCUT2D eigenvalue weighted by atomic mass is 9.74. The molecule has 1 saturated heterocycles. The second-order valence-electron chi connectivity index (χ2n) is 6.47. The first-order valence-electron chi connectivity index (χ1n) is 7.35. The lowest BCUT2D eigenvalue weighted by molar-refractivity contribution is 0.0329. The number of halogens is 1. The van der Waals surface area contributed by atoms with Crippen LogP contribution in [0.2, 0.25) is 0 Å². The monoisotopic (exact) mass is 258 g/mol. The first-order valence-corrected chi connectivity index (χ1v) is 7.79. The third kappa shape index (κ3) is 3.61. The third-order valence-corrected chi connectivity index (χ3v) is 5.33. The zero-order valence-corrected chi connectivity index (χ0v) is 12.2. The summed E-state index contributed by atoms with van der Waals surface area (Å²) in [7, 11) is 0. The van der Waals surface area contributed by atoms with Crippen molar-refractivity contribution in [1.82, 2.24) is 0 Å². The molecule has 0 aromatic carbocycles. The Labute approximate surface area is 111 Å². The van der Waals surface area contributed by atoms with Crippen LogP contribution in [0.5, 0.6) is 0 Å². The van der Waals surface area contributed by atoms with E-state index < -0.39 is 0 Å². The summed E-state index contributed by atoms with van der Waals surface area (Å²) in [6.07, 6.45) is 8.48. The summed E-state index contributed by atoms with van der Waals surface area (Å²) in [4.78, 5) is 0. The lowest BCUT2D eigenvalue weighted by Gasteiger charge is -2.36. The first kappa shape index (κ1) is 13.7. The number of hydrogen-bond acceptors (Lipinski definition) is 1. The molecule has 1 aliphatic carbocycles. The Kier molecular flexibility index (Phi) is 4.77. The van der Waals surface area contributed by atoms with Gasteiger partial charge in [0.25, 0.3) is 0 Å². The van der Waals surface area contributed by atoms with Crippen LogP contribution in [-0.2, 0) is 4.74 Å². The van der Waals surface area contributed by atoms with Crippen molar-refractivity contribution in [2.45, 2.75) is 76.9 Å². The van der Waals surface area contributed by atoms with Gasteiger partial charge in [0.2, 0.25) is 0 Å². The maximum atomic E-state index is 6.51. The molecule has 1 aliphatic heterocycles. The molecule has 2 fully saturated rings. The van der Waals surface area contributed by atoms with Crippen LogP contribution in [0.25, 0.3) is 0 Å². The fourth-order valence-electron chi connectivity index (χ4n) is 3.51. The first-order chi connectivity index (χ1) is 8.06. The molecule has 2 aliphatic rings. The number of hydrogen-bond donors (Lipinski definition) is 0.